The van der Waals surface area contributed by atoms with Crippen molar-refractivity contribution < 1.29 is 9.21 Å². The summed E-state index contributed by atoms with van der Waals surface area (Å²) in [6.45, 7) is 0. The van der Waals surface area contributed by atoms with Gasteiger partial charge in [0.2, 0.25) is 0 Å². The molecule has 2 aromatic carbocycles. The second-order valence-electron chi connectivity index (χ2n) is 5.46. The third-order valence-electron chi connectivity index (χ3n) is 3.84. The van der Waals surface area contributed by atoms with Crippen molar-refractivity contribution >= 4 is 50.0 Å². The largest absolute Gasteiger partial charge is 0.422 e. The topological polar surface area (TPSA) is 64.6 Å². The number of para-hydroxylation sites is 1. The van der Waals surface area contributed by atoms with Crippen LogP contribution in [0.25, 0.3) is 21.2 Å². The molecule has 0 spiro atoms. The highest BCUT2D eigenvalue weighted by Gasteiger charge is 2.14. The monoisotopic (exact) mass is 370 g/mol. The number of nitrogens with zero attached hydrogens (tertiary/aromatic N) is 2. The summed E-state index contributed by atoms with van der Waals surface area (Å²) in [5.74, 6) is -0.632. The van der Waals surface area contributed by atoms with Crippen molar-refractivity contribution in [2.45, 2.75) is 0 Å². The number of carbonyl (C=O) groups is 1. The maximum atomic E-state index is 12.5. The number of aryl methyl sites for hydroxylation is 1. The summed E-state index contributed by atoms with van der Waals surface area (Å²) in [6, 6.07) is 14.0. The second kappa shape index (κ2) is 5.98. The predicted octanol–water partition coefficient (Wildman–Crippen LogP) is 3.74. The lowest BCUT2D eigenvalue weighted by Crippen LogP contribution is -2.17. The van der Waals surface area contributed by atoms with Crippen molar-refractivity contribution in [3.8, 4) is 0 Å². The Morgan fingerprint density at radius 2 is 2.00 bits per heavy atom. The molecular weight excluding hydrogens is 360 g/mol. The summed E-state index contributed by atoms with van der Waals surface area (Å²) in [5, 5.41) is 1.29. The minimum Gasteiger partial charge on any atom is -0.422 e. The van der Waals surface area contributed by atoms with Crippen LogP contribution < -0.4 is 10.4 Å². The second-order valence-corrected chi connectivity index (χ2v) is 6.90. The van der Waals surface area contributed by atoms with Gasteiger partial charge in [0, 0.05) is 17.5 Å². The molecule has 25 heavy (non-hydrogen) atoms. The van der Waals surface area contributed by atoms with E-state index in [0.29, 0.717) is 20.8 Å². The Morgan fingerprint density at radius 3 is 2.84 bits per heavy atom. The number of hydrogen-bond donors (Lipinski definition) is 0. The average molecular weight is 371 g/mol. The van der Waals surface area contributed by atoms with Gasteiger partial charge in [-0.2, -0.15) is 4.99 Å². The Balaban J connectivity index is 1.87. The van der Waals surface area contributed by atoms with Crippen molar-refractivity contribution in [3.05, 3.63) is 74.3 Å². The van der Waals surface area contributed by atoms with E-state index in [2.05, 4.69) is 4.99 Å². The van der Waals surface area contributed by atoms with Crippen LogP contribution in [0.1, 0.15) is 10.4 Å². The van der Waals surface area contributed by atoms with Crippen molar-refractivity contribution in [1.29, 1.82) is 0 Å². The molecule has 0 radical (unpaired) electrons. The molecule has 0 aliphatic heterocycles. The van der Waals surface area contributed by atoms with Gasteiger partial charge in [0.15, 0.2) is 4.80 Å². The van der Waals surface area contributed by atoms with Crippen molar-refractivity contribution in [2.24, 2.45) is 12.0 Å². The standard InChI is InChI=1S/C18H11ClN2O3S/c1-21-13-7-6-11(19)9-15(13)25-18(21)20-16(22)12-8-10-4-2-3-5-14(10)24-17(12)23/h2-9H,1H3. The molecule has 0 bridgehead atoms. The van der Waals surface area contributed by atoms with E-state index in [-0.39, 0.29) is 5.56 Å². The number of aromatic nitrogens is 1. The van der Waals surface area contributed by atoms with Crippen LogP contribution in [0, 0.1) is 0 Å². The molecule has 4 aromatic rings. The highest BCUT2D eigenvalue weighted by Crippen LogP contribution is 2.21. The van der Waals surface area contributed by atoms with Gasteiger partial charge in [-0.25, -0.2) is 4.79 Å². The Hall–Kier alpha value is -2.70. The van der Waals surface area contributed by atoms with Crippen LogP contribution in [0.5, 0.6) is 0 Å². The lowest BCUT2D eigenvalue weighted by Gasteiger charge is -1.98. The van der Waals surface area contributed by atoms with Crippen LogP contribution in [0.4, 0.5) is 0 Å². The number of halogens is 1. The van der Waals surface area contributed by atoms with Crippen molar-refractivity contribution in [3.63, 3.8) is 0 Å². The maximum absolute atomic E-state index is 12.5. The fraction of sp³-hybridized carbons (Fsp3) is 0.0556. The van der Waals surface area contributed by atoms with E-state index in [0.717, 1.165) is 10.2 Å². The zero-order valence-corrected chi connectivity index (χ0v) is 14.6. The fourth-order valence-corrected chi connectivity index (χ4v) is 3.87. The summed E-state index contributed by atoms with van der Waals surface area (Å²) in [6.07, 6.45) is 0. The molecule has 0 aliphatic rings. The number of rotatable bonds is 1. The Labute approximate surface area is 150 Å². The Bertz CT molecular complexity index is 1270. The molecule has 4 rings (SSSR count). The van der Waals surface area contributed by atoms with E-state index in [4.69, 9.17) is 16.0 Å². The van der Waals surface area contributed by atoms with E-state index >= 15 is 0 Å². The molecule has 0 fully saturated rings. The first-order valence-electron chi connectivity index (χ1n) is 7.40. The molecule has 2 aromatic heterocycles. The zero-order chi connectivity index (χ0) is 17.6. The van der Waals surface area contributed by atoms with Crippen molar-refractivity contribution in [1.82, 2.24) is 4.57 Å². The summed E-state index contributed by atoms with van der Waals surface area (Å²) >= 11 is 7.33. The van der Waals surface area contributed by atoms with Crippen molar-refractivity contribution in [2.75, 3.05) is 0 Å². The minimum absolute atomic E-state index is 0.0887. The van der Waals surface area contributed by atoms with E-state index in [1.807, 2.05) is 25.2 Å². The third kappa shape index (κ3) is 2.79. The van der Waals surface area contributed by atoms with Crippen LogP contribution in [-0.4, -0.2) is 10.5 Å². The first kappa shape index (κ1) is 15.8. The normalized spacial score (nSPS) is 12.2. The molecule has 1 amide bonds. The lowest BCUT2D eigenvalue weighted by atomic mass is 10.2. The smallest absolute Gasteiger partial charge is 0.349 e. The van der Waals surface area contributed by atoms with Crippen LogP contribution in [0.2, 0.25) is 5.02 Å². The molecule has 0 aliphatic carbocycles. The Kier molecular flexibility index (Phi) is 3.78. The predicted molar refractivity (Wildman–Crippen MR) is 98.2 cm³/mol. The summed E-state index contributed by atoms with van der Waals surface area (Å²) in [4.78, 5) is 29.2. The summed E-state index contributed by atoms with van der Waals surface area (Å²) in [7, 11) is 1.81. The quantitative estimate of drug-likeness (QED) is 0.479. The molecule has 124 valence electrons. The molecule has 0 saturated heterocycles. The molecule has 0 atom stereocenters. The highest BCUT2D eigenvalue weighted by atomic mass is 35.5. The van der Waals surface area contributed by atoms with Gasteiger partial charge in [0.1, 0.15) is 11.1 Å². The molecule has 2 heterocycles. The lowest BCUT2D eigenvalue weighted by molar-refractivity contribution is 0.0994. The van der Waals surface area contributed by atoms with Crippen LogP contribution in [0.3, 0.4) is 0 Å². The average Bonchev–Trinajstić information content (AvgIpc) is 2.89. The van der Waals surface area contributed by atoms with E-state index in [1.54, 1.807) is 28.8 Å². The molecule has 0 unspecified atom stereocenters. The Morgan fingerprint density at radius 1 is 1.20 bits per heavy atom. The van der Waals surface area contributed by atoms with Gasteiger partial charge < -0.3 is 8.98 Å². The van der Waals surface area contributed by atoms with Gasteiger partial charge in [-0.3, -0.25) is 4.79 Å². The number of fused-ring (bicyclic) bond motifs is 2. The molecular formula is C18H11ClN2O3S. The van der Waals surface area contributed by atoms with Gasteiger partial charge in [0.05, 0.1) is 10.2 Å². The minimum atomic E-state index is -0.695. The number of thiazole rings is 1. The van der Waals surface area contributed by atoms with Crippen LogP contribution >= 0.6 is 22.9 Å². The van der Waals surface area contributed by atoms with E-state index in [1.165, 1.54) is 17.4 Å². The summed E-state index contributed by atoms with van der Waals surface area (Å²) in [5.41, 5.74) is 0.561. The van der Waals surface area contributed by atoms with E-state index < -0.39 is 11.5 Å². The van der Waals surface area contributed by atoms with Crippen LogP contribution in [-0.2, 0) is 7.05 Å². The molecule has 0 saturated carbocycles. The van der Waals surface area contributed by atoms with Gasteiger partial charge in [-0.15, -0.1) is 0 Å². The third-order valence-corrected chi connectivity index (χ3v) is 5.17. The van der Waals surface area contributed by atoms with Gasteiger partial charge in [-0.1, -0.05) is 41.1 Å². The van der Waals surface area contributed by atoms with Gasteiger partial charge in [-0.05, 0) is 30.3 Å². The SMILES string of the molecule is Cn1c(=NC(=O)c2cc3ccccc3oc2=O)sc2cc(Cl)ccc21. The highest BCUT2D eigenvalue weighted by molar-refractivity contribution is 7.16. The number of carbonyl (C=O) groups excluding carboxylic acids is 1. The zero-order valence-electron chi connectivity index (χ0n) is 13.0. The molecule has 7 heteroatoms. The summed E-state index contributed by atoms with van der Waals surface area (Å²) < 4.78 is 7.90. The van der Waals surface area contributed by atoms with Gasteiger partial charge in [0.25, 0.3) is 5.91 Å². The van der Waals surface area contributed by atoms with E-state index in [9.17, 15) is 9.59 Å². The number of hydrogen-bond acceptors (Lipinski definition) is 4. The van der Waals surface area contributed by atoms with Crippen LogP contribution in [0.15, 0.2) is 62.7 Å². The maximum Gasteiger partial charge on any atom is 0.349 e. The van der Waals surface area contributed by atoms with Gasteiger partial charge >= 0.3 is 5.63 Å². The number of amides is 1. The first-order valence-corrected chi connectivity index (χ1v) is 8.59. The first-order chi connectivity index (χ1) is 12.0. The molecule has 0 N–H and O–H groups in total. The fourth-order valence-electron chi connectivity index (χ4n) is 2.57. The molecule has 5 nitrogen and oxygen atoms in total. The number of benzene rings is 2.